The highest BCUT2D eigenvalue weighted by Crippen LogP contribution is 1.73. The van der Waals surface area contributed by atoms with Crippen molar-refractivity contribution < 1.29 is 0 Å². The minimum atomic E-state index is -0.206. The first kappa shape index (κ1) is 8.73. The van der Waals surface area contributed by atoms with Gasteiger partial charge in [-0.25, -0.2) is 4.68 Å². The summed E-state index contributed by atoms with van der Waals surface area (Å²) in [6, 6.07) is 2.49. The average Bonchev–Trinajstić information content (AvgIpc) is 2.06. The van der Waals surface area contributed by atoms with Crippen LogP contribution in [0.15, 0.2) is 21.7 Å². The van der Waals surface area contributed by atoms with Gasteiger partial charge in [0, 0.05) is 25.7 Å². The van der Waals surface area contributed by atoms with Gasteiger partial charge in [-0.1, -0.05) is 0 Å². The molecule has 0 aliphatic carbocycles. The van der Waals surface area contributed by atoms with Crippen LogP contribution < -0.4 is 16.9 Å². The zero-order valence-corrected chi connectivity index (χ0v) is 6.86. The smallest absolute Gasteiger partial charge is 0.265 e. The van der Waals surface area contributed by atoms with Gasteiger partial charge >= 0.3 is 0 Å². The maximum absolute atomic E-state index is 11.1. The van der Waals surface area contributed by atoms with Crippen LogP contribution in [0.5, 0.6) is 0 Å². The zero-order chi connectivity index (χ0) is 9.14. The molecule has 0 aliphatic rings. The monoisotopic (exact) mass is 169 g/mol. The van der Waals surface area contributed by atoms with Crippen LogP contribution in [0, 0.1) is 0 Å². The molecule has 0 bridgehead atoms. The summed E-state index contributed by atoms with van der Waals surface area (Å²) in [6.45, 7) is 0.711. The van der Waals surface area contributed by atoms with Crippen LogP contribution in [-0.4, -0.2) is 15.9 Å². The maximum atomic E-state index is 11.1. The molecular weight excluding hydrogens is 158 g/mol. The Morgan fingerprint density at radius 1 is 1.33 bits per heavy atom. The standard InChI is InChI=1S/C7H11N3O2/c1-9-6(11)2-3-7(12)10(9)5-4-8/h2-3H,4-5,8H2,1H3. The molecule has 0 unspecified atom stereocenters. The molecule has 0 aromatic carbocycles. The second kappa shape index (κ2) is 3.36. The zero-order valence-electron chi connectivity index (χ0n) is 6.86. The van der Waals surface area contributed by atoms with E-state index in [0.717, 1.165) is 0 Å². The van der Waals surface area contributed by atoms with Gasteiger partial charge in [-0.15, -0.1) is 0 Å². The molecule has 12 heavy (non-hydrogen) atoms. The molecule has 1 heterocycles. The average molecular weight is 169 g/mol. The molecule has 0 amide bonds. The summed E-state index contributed by atoms with van der Waals surface area (Å²) < 4.78 is 2.57. The third-order valence-corrected chi connectivity index (χ3v) is 1.64. The highest BCUT2D eigenvalue weighted by molar-refractivity contribution is 4.87. The van der Waals surface area contributed by atoms with E-state index in [4.69, 9.17) is 5.73 Å². The molecule has 5 nitrogen and oxygen atoms in total. The van der Waals surface area contributed by atoms with Gasteiger partial charge in [0.25, 0.3) is 11.1 Å². The normalized spacial score (nSPS) is 10.2. The summed E-state index contributed by atoms with van der Waals surface area (Å²) in [7, 11) is 1.54. The van der Waals surface area contributed by atoms with E-state index in [1.54, 1.807) is 7.05 Å². The molecule has 2 N–H and O–H groups in total. The first-order chi connectivity index (χ1) is 5.66. The largest absolute Gasteiger partial charge is 0.329 e. The topological polar surface area (TPSA) is 70.0 Å². The Bertz CT molecular complexity index is 377. The van der Waals surface area contributed by atoms with E-state index in [-0.39, 0.29) is 11.1 Å². The van der Waals surface area contributed by atoms with E-state index in [0.29, 0.717) is 13.1 Å². The second-order valence-corrected chi connectivity index (χ2v) is 2.45. The summed E-state index contributed by atoms with van der Waals surface area (Å²) in [5, 5.41) is 0. The van der Waals surface area contributed by atoms with Crippen LogP contribution in [0.2, 0.25) is 0 Å². The van der Waals surface area contributed by atoms with E-state index in [1.807, 2.05) is 0 Å². The minimum Gasteiger partial charge on any atom is -0.329 e. The van der Waals surface area contributed by atoms with Crippen LogP contribution in [0.1, 0.15) is 0 Å². The van der Waals surface area contributed by atoms with Crippen molar-refractivity contribution in [1.29, 1.82) is 0 Å². The molecule has 66 valence electrons. The second-order valence-electron chi connectivity index (χ2n) is 2.45. The fourth-order valence-electron chi connectivity index (χ4n) is 0.986. The first-order valence-corrected chi connectivity index (χ1v) is 3.64. The molecule has 1 aromatic heterocycles. The lowest BCUT2D eigenvalue weighted by Gasteiger charge is -2.08. The SMILES string of the molecule is Cn1c(=O)ccc(=O)n1CCN. The van der Waals surface area contributed by atoms with Crippen molar-refractivity contribution in [2.75, 3.05) is 6.54 Å². The molecule has 0 radical (unpaired) electrons. The Labute approximate surface area is 69.0 Å². The van der Waals surface area contributed by atoms with Gasteiger partial charge in [-0.2, -0.15) is 0 Å². The fourth-order valence-corrected chi connectivity index (χ4v) is 0.986. The first-order valence-electron chi connectivity index (χ1n) is 3.64. The fraction of sp³-hybridized carbons (Fsp3) is 0.429. The number of hydrogen-bond donors (Lipinski definition) is 1. The molecule has 0 saturated heterocycles. The summed E-state index contributed by atoms with van der Waals surface area (Å²) in [6.07, 6.45) is 0. The van der Waals surface area contributed by atoms with Gasteiger partial charge in [-0.05, 0) is 0 Å². The third kappa shape index (κ3) is 1.45. The maximum Gasteiger partial charge on any atom is 0.265 e. The Kier molecular flexibility index (Phi) is 2.44. The van der Waals surface area contributed by atoms with E-state index in [2.05, 4.69) is 0 Å². The molecule has 1 rings (SSSR count). The number of aromatic nitrogens is 2. The lowest BCUT2D eigenvalue weighted by molar-refractivity contribution is 0.469. The van der Waals surface area contributed by atoms with Gasteiger partial charge < -0.3 is 5.73 Å². The van der Waals surface area contributed by atoms with E-state index in [1.165, 1.54) is 21.5 Å². The Morgan fingerprint density at radius 2 is 1.92 bits per heavy atom. The van der Waals surface area contributed by atoms with Crippen LogP contribution in [-0.2, 0) is 13.6 Å². The molecule has 0 spiro atoms. The molecule has 0 fully saturated rings. The van der Waals surface area contributed by atoms with Crippen molar-refractivity contribution in [3.8, 4) is 0 Å². The van der Waals surface area contributed by atoms with Crippen molar-refractivity contribution in [3.63, 3.8) is 0 Å². The highest BCUT2D eigenvalue weighted by Gasteiger charge is 1.98. The molecule has 0 aliphatic heterocycles. The van der Waals surface area contributed by atoms with E-state index < -0.39 is 0 Å². The predicted octanol–water partition coefficient (Wildman–Crippen LogP) is -1.49. The van der Waals surface area contributed by atoms with E-state index in [9.17, 15) is 9.59 Å². The summed E-state index contributed by atoms with van der Waals surface area (Å²) >= 11 is 0. The molecule has 1 aromatic rings. The molecular formula is C7H11N3O2. The highest BCUT2D eigenvalue weighted by atomic mass is 16.2. The van der Waals surface area contributed by atoms with Gasteiger partial charge in [0.1, 0.15) is 0 Å². The quantitative estimate of drug-likeness (QED) is 0.586. The van der Waals surface area contributed by atoms with Crippen LogP contribution in [0.4, 0.5) is 0 Å². The Hall–Kier alpha value is -1.36. The number of nitrogens with two attached hydrogens (primary N) is 1. The number of hydrogen-bond acceptors (Lipinski definition) is 3. The van der Waals surface area contributed by atoms with Crippen molar-refractivity contribution in [2.45, 2.75) is 6.54 Å². The van der Waals surface area contributed by atoms with Crippen LogP contribution in [0.25, 0.3) is 0 Å². The van der Waals surface area contributed by atoms with Crippen molar-refractivity contribution in [2.24, 2.45) is 12.8 Å². The third-order valence-electron chi connectivity index (χ3n) is 1.64. The number of rotatable bonds is 2. The van der Waals surface area contributed by atoms with E-state index >= 15 is 0 Å². The van der Waals surface area contributed by atoms with Crippen LogP contribution >= 0.6 is 0 Å². The number of nitrogens with zero attached hydrogens (tertiary/aromatic N) is 2. The van der Waals surface area contributed by atoms with Crippen molar-refractivity contribution >= 4 is 0 Å². The Balaban J connectivity index is 3.33. The molecule has 5 heteroatoms. The van der Waals surface area contributed by atoms with Gasteiger partial charge in [-0.3, -0.25) is 14.3 Å². The molecule has 0 saturated carbocycles. The molecule has 0 atom stereocenters. The van der Waals surface area contributed by atoms with Gasteiger partial charge in [0.05, 0.1) is 6.54 Å². The summed E-state index contributed by atoms with van der Waals surface area (Å²) in [5.41, 5.74) is 4.86. The van der Waals surface area contributed by atoms with Crippen LogP contribution in [0.3, 0.4) is 0 Å². The lowest BCUT2D eigenvalue weighted by Crippen LogP contribution is -2.37. The summed E-state index contributed by atoms with van der Waals surface area (Å²) in [5.74, 6) is 0. The van der Waals surface area contributed by atoms with Gasteiger partial charge in [0.2, 0.25) is 0 Å². The minimum absolute atomic E-state index is 0.206. The predicted molar refractivity (Wildman–Crippen MR) is 45.0 cm³/mol. The lowest BCUT2D eigenvalue weighted by atomic mass is 10.5. The Morgan fingerprint density at radius 3 is 2.50 bits per heavy atom. The van der Waals surface area contributed by atoms with Crippen molar-refractivity contribution in [3.05, 3.63) is 32.8 Å². The van der Waals surface area contributed by atoms with Gasteiger partial charge in [0.15, 0.2) is 0 Å². The van der Waals surface area contributed by atoms with Crippen molar-refractivity contribution in [1.82, 2.24) is 9.36 Å². The summed E-state index contributed by atoms with van der Waals surface area (Å²) in [4.78, 5) is 22.2.